The molecule has 4 heteroatoms. The third-order valence-corrected chi connectivity index (χ3v) is 11.7. The Hall–Kier alpha value is -1.13. The molecule has 2 atom stereocenters. The second kappa shape index (κ2) is 47.2. The number of carbonyl (C=O) groups is 1. The van der Waals surface area contributed by atoms with Crippen molar-refractivity contribution in [2.45, 2.75) is 289 Å². The Bertz CT molecular complexity index is 795. The quantitative estimate of drug-likeness (QED) is 0.0426. The van der Waals surface area contributed by atoms with Gasteiger partial charge < -0.3 is 15.5 Å². The molecular weight excluding hydrogens is 675 g/mol. The van der Waals surface area contributed by atoms with Crippen molar-refractivity contribution < 1.29 is 15.0 Å². The van der Waals surface area contributed by atoms with Crippen molar-refractivity contribution in [1.29, 1.82) is 0 Å². The lowest BCUT2D eigenvalue weighted by Gasteiger charge is -2.22. The molecule has 0 rings (SSSR count). The van der Waals surface area contributed by atoms with Gasteiger partial charge in [-0.15, -0.1) is 0 Å². The van der Waals surface area contributed by atoms with Gasteiger partial charge in [-0.05, 0) is 44.9 Å². The lowest BCUT2D eigenvalue weighted by atomic mass is 10.0. The van der Waals surface area contributed by atoms with Gasteiger partial charge in [0.2, 0.25) is 5.91 Å². The van der Waals surface area contributed by atoms with Crippen LogP contribution in [0, 0.1) is 0 Å². The predicted octanol–water partition coefficient (Wildman–Crippen LogP) is 16.0. The van der Waals surface area contributed by atoms with Gasteiger partial charge in [0.15, 0.2) is 0 Å². The van der Waals surface area contributed by atoms with Gasteiger partial charge in [0.25, 0.3) is 0 Å². The van der Waals surface area contributed by atoms with Crippen LogP contribution in [0.4, 0.5) is 0 Å². The Morgan fingerprint density at radius 3 is 1.09 bits per heavy atom. The molecule has 0 fully saturated rings. The van der Waals surface area contributed by atoms with Crippen molar-refractivity contribution >= 4 is 5.91 Å². The first-order valence-corrected chi connectivity index (χ1v) is 25.0. The monoisotopic (exact) mass is 774 g/mol. The smallest absolute Gasteiger partial charge is 0.220 e. The van der Waals surface area contributed by atoms with E-state index < -0.39 is 12.1 Å². The van der Waals surface area contributed by atoms with Crippen LogP contribution < -0.4 is 5.32 Å². The van der Waals surface area contributed by atoms with Gasteiger partial charge in [0.05, 0.1) is 18.8 Å². The van der Waals surface area contributed by atoms with Crippen molar-refractivity contribution in [3.63, 3.8) is 0 Å². The Balaban J connectivity index is 3.47. The number of aliphatic hydroxyl groups is 2. The number of amides is 1. The molecule has 0 saturated carbocycles. The van der Waals surface area contributed by atoms with Gasteiger partial charge >= 0.3 is 0 Å². The summed E-state index contributed by atoms with van der Waals surface area (Å²) in [7, 11) is 0. The number of hydrogen-bond acceptors (Lipinski definition) is 3. The fraction of sp³-hybridized carbons (Fsp3) is 0.902. The van der Waals surface area contributed by atoms with E-state index in [1.165, 1.54) is 218 Å². The van der Waals surface area contributed by atoms with Crippen LogP contribution in [0.3, 0.4) is 0 Å². The van der Waals surface area contributed by atoms with Crippen LogP contribution in [-0.2, 0) is 4.79 Å². The molecular formula is C51H99NO3. The predicted molar refractivity (Wildman–Crippen MR) is 244 cm³/mol. The highest BCUT2D eigenvalue weighted by molar-refractivity contribution is 5.76. The normalized spacial score (nSPS) is 13.0. The van der Waals surface area contributed by atoms with Crippen molar-refractivity contribution in [3.05, 3.63) is 24.3 Å². The highest BCUT2D eigenvalue weighted by Crippen LogP contribution is 2.16. The summed E-state index contributed by atoms with van der Waals surface area (Å²) < 4.78 is 0. The minimum Gasteiger partial charge on any atom is -0.394 e. The summed E-state index contributed by atoms with van der Waals surface area (Å²) in [6, 6.07) is -0.536. The maximum Gasteiger partial charge on any atom is 0.220 e. The van der Waals surface area contributed by atoms with Crippen LogP contribution in [0.15, 0.2) is 24.3 Å². The average molecular weight is 774 g/mol. The molecule has 0 bridgehead atoms. The van der Waals surface area contributed by atoms with Gasteiger partial charge in [0, 0.05) is 6.42 Å². The second-order valence-electron chi connectivity index (χ2n) is 17.2. The van der Waals surface area contributed by atoms with Gasteiger partial charge in [-0.25, -0.2) is 0 Å². The number of unbranched alkanes of at least 4 members (excludes halogenated alkanes) is 35. The molecule has 2 unspecified atom stereocenters. The molecule has 0 aliphatic rings. The number of rotatable bonds is 46. The largest absolute Gasteiger partial charge is 0.394 e. The lowest BCUT2D eigenvalue weighted by molar-refractivity contribution is -0.123. The van der Waals surface area contributed by atoms with Crippen molar-refractivity contribution in [2.24, 2.45) is 0 Å². The average Bonchev–Trinajstić information content (AvgIpc) is 3.19. The van der Waals surface area contributed by atoms with E-state index in [1.807, 2.05) is 0 Å². The Morgan fingerprint density at radius 2 is 0.745 bits per heavy atom. The summed E-state index contributed by atoms with van der Waals surface area (Å²) in [6.45, 7) is 4.38. The molecule has 0 aromatic carbocycles. The Kier molecular flexibility index (Phi) is 46.3. The number of hydrogen-bond donors (Lipinski definition) is 3. The molecule has 0 spiro atoms. The van der Waals surface area contributed by atoms with Crippen LogP contribution in [0.5, 0.6) is 0 Å². The summed E-state index contributed by atoms with van der Waals surface area (Å²) in [5.74, 6) is -0.0306. The third-order valence-electron chi connectivity index (χ3n) is 11.7. The molecule has 0 saturated heterocycles. The van der Waals surface area contributed by atoms with Crippen LogP contribution in [0.1, 0.15) is 277 Å². The zero-order valence-corrected chi connectivity index (χ0v) is 37.5. The first-order chi connectivity index (χ1) is 27.2. The Morgan fingerprint density at radius 1 is 0.436 bits per heavy atom. The van der Waals surface area contributed by atoms with Gasteiger partial charge in [0.1, 0.15) is 0 Å². The highest BCUT2D eigenvalue weighted by atomic mass is 16.3. The first kappa shape index (κ1) is 53.9. The zero-order valence-electron chi connectivity index (χ0n) is 37.5. The lowest BCUT2D eigenvalue weighted by Crippen LogP contribution is -2.45. The molecule has 0 aromatic rings. The maximum absolute atomic E-state index is 12.4. The molecule has 4 nitrogen and oxygen atoms in total. The first-order valence-electron chi connectivity index (χ1n) is 25.0. The van der Waals surface area contributed by atoms with Crippen LogP contribution in [-0.4, -0.2) is 34.9 Å². The summed E-state index contributed by atoms with van der Waals surface area (Å²) in [4.78, 5) is 12.4. The number of allylic oxidation sites excluding steroid dienone is 4. The summed E-state index contributed by atoms with van der Waals surface area (Å²) >= 11 is 0. The van der Waals surface area contributed by atoms with Crippen molar-refractivity contribution in [3.8, 4) is 0 Å². The maximum atomic E-state index is 12.4. The van der Waals surface area contributed by atoms with Gasteiger partial charge in [-0.3, -0.25) is 4.79 Å². The molecule has 0 aliphatic heterocycles. The van der Waals surface area contributed by atoms with E-state index >= 15 is 0 Å². The number of carbonyl (C=O) groups excluding carboxylic acids is 1. The topological polar surface area (TPSA) is 69.6 Å². The molecule has 0 aromatic heterocycles. The molecule has 0 heterocycles. The summed E-state index contributed by atoms with van der Waals surface area (Å²) in [6.07, 6.45) is 61.3. The molecule has 55 heavy (non-hydrogen) atoms. The van der Waals surface area contributed by atoms with Crippen molar-refractivity contribution in [1.82, 2.24) is 5.32 Å². The van der Waals surface area contributed by atoms with E-state index in [0.29, 0.717) is 12.8 Å². The van der Waals surface area contributed by atoms with E-state index in [2.05, 4.69) is 43.5 Å². The third kappa shape index (κ3) is 43.8. The number of nitrogens with one attached hydrogen (secondary N) is 1. The van der Waals surface area contributed by atoms with E-state index in [1.54, 1.807) is 0 Å². The molecule has 0 aliphatic carbocycles. The highest BCUT2D eigenvalue weighted by Gasteiger charge is 2.20. The van der Waals surface area contributed by atoms with E-state index in [-0.39, 0.29) is 12.5 Å². The van der Waals surface area contributed by atoms with Crippen molar-refractivity contribution in [2.75, 3.05) is 6.61 Å². The standard InChI is InChI=1S/C51H99NO3/c1-3-5-7-9-11-13-15-17-19-21-22-23-24-25-26-27-28-29-30-31-33-35-37-39-41-43-45-47-51(55)52-49(48-53)50(54)46-44-42-40-38-36-34-32-20-18-16-14-12-10-8-6-4-2/h22-23,25-26,49-50,53-54H,3-21,24,27-48H2,1-2H3,(H,52,55)/b23-22-,26-25-. The van der Waals surface area contributed by atoms with E-state index in [9.17, 15) is 15.0 Å². The Labute approximate surface area is 345 Å². The van der Waals surface area contributed by atoms with E-state index in [0.717, 1.165) is 32.1 Å². The molecule has 3 N–H and O–H groups in total. The summed E-state index contributed by atoms with van der Waals surface area (Å²) in [5.41, 5.74) is 0. The van der Waals surface area contributed by atoms with Crippen LogP contribution >= 0.6 is 0 Å². The van der Waals surface area contributed by atoms with Crippen LogP contribution in [0.2, 0.25) is 0 Å². The number of aliphatic hydroxyl groups excluding tert-OH is 2. The molecule has 1 amide bonds. The minimum atomic E-state index is -0.658. The van der Waals surface area contributed by atoms with Crippen LogP contribution in [0.25, 0.3) is 0 Å². The fourth-order valence-corrected chi connectivity index (χ4v) is 7.86. The van der Waals surface area contributed by atoms with Gasteiger partial charge in [-0.2, -0.15) is 0 Å². The zero-order chi connectivity index (χ0) is 40.0. The fourth-order valence-electron chi connectivity index (χ4n) is 7.86. The van der Waals surface area contributed by atoms with E-state index in [4.69, 9.17) is 0 Å². The minimum absolute atomic E-state index is 0.0306. The summed E-state index contributed by atoms with van der Waals surface area (Å²) in [5, 5.41) is 23.2. The molecule has 0 radical (unpaired) electrons. The van der Waals surface area contributed by atoms with Gasteiger partial charge in [-0.1, -0.05) is 250 Å². The SMILES string of the molecule is CCCCCCCCCCC/C=C\C/C=C\CCCCCCCCCCCCCC(=O)NC(CO)C(O)CCCCCCCCCCCCCCCCCC. The second-order valence-corrected chi connectivity index (χ2v) is 17.2. The molecule has 326 valence electrons.